The molecule has 0 bridgehead atoms. The second-order valence-electron chi connectivity index (χ2n) is 3.73. The Balaban J connectivity index is 2.59. The Morgan fingerprint density at radius 3 is 1.75 bits per heavy atom. The van der Waals surface area contributed by atoms with Crippen LogP contribution in [0.5, 0.6) is 0 Å². The highest BCUT2D eigenvalue weighted by Crippen LogP contribution is 2.22. The van der Waals surface area contributed by atoms with Gasteiger partial charge in [-0.25, -0.2) is 0 Å². The average molecular weight is 171 g/mol. The highest BCUT2D eigenvalue weighted by molar-refractivity contribution is 4.85. The van der Waals surface area contributed by atoms with E-state index in [-0.39, 0.29) is 0 Å². The van der Waals surface area contributed by atoms with Crippen molar-refractivity contribution in [1.29, 1.82) is 0 Å². The maximum Gasteiger partial charge on any atom is 0.0611 e. The van der Waals surface area contributed by atoms with Crippen LogP contribution in [-0.4, -0.2) is 37.4 Å². The van der Waals surface area contributed by atoms with Crippen LogP contribution >= 0.6 is 0 Å². The quantitative estimate of drug-likeness (QED) is 0.650. The second kappa shape index (κ2) is 4.21. The Morgan fingerprint density at radius 1 is 1.08 bits per heavy atom. The molecule has 1 saturated heterocycles. The summed E-state index contributed by atoms with van der Waals surface area (Å²) in [7, 11) is 4.08. The van der Waals surface area contributed by atoms with Gasteiger partial charge in [0.1, 0.15) is 0 Å². The molecule has 2 N–H and O–H groups in total. The van der Waals surface area contributed by atoms with Gasteiger partial charge in [0.05, 0.1) is 12.3 Å². The summed E-state index contributed by atoms with van der Waals surface area (Å²) in [5.74, 6) is 0. The SMILES string of the molecule is CNC1CC[C@@H](NC)N1C(C)C. The number of nitrogens with zero attached hydrogens (tertiary/aromatic N) is 1. The Kier molecular flexibility index (Phi) is 3.50. The molecule has 2 atom stereocenters. The van der Waals surface area contributed by atoms with E-state index in [2.05, 4.69) is 29.4 Å². The third-order valence-electron chi connectivity index (χ3n) is 2.70. The lowest BCUT2D eigenvalue weighted by atomic mass is 10.3. The van der Waals surface area contributed by atoms with Gasteiger partial charge in [-0.05, 0) is 40.8 Å². The summed E-state index contributed by atoms with van der Waals surface area (Å²) in [6.07, 6.45) is 3.62. The average Bonchev–Trinajstić information content (AvgIpc) is 2.46. The summed E-state index contributed by atoms with van der Waals surface area (Å²) in [5, 5.41) is 6.69. The molecule has 0 spiro atoms. The van der Waals surface area contributed by atoms with E-state index < -0.39 is 0 Å². The molecule has 1 aliphatic rings. The standard InChI is InChI=1S/C9H21N3/c1-7(2)12-8(10-3)5-6-9(12)11-4/h7-11H,5-6H2,1-4H3/t8-,9?/m0/s1. The number of nitrogens with one attached hydrogen (secondary N) is 2. The lowest BCUT2D eigenvalue weighted by Gasteiger charge is -2.33. The van der Waals surface area contributed by atoms with Crippen LogP contribution in [0, 0.1) is 0 Å². The van der Waals surface area contributed by atoms with Crippen molar-refractivity contribution in [2.75, 3.05) is 14.1 Å². The van der Waals surface area contributed by atoms with Crippen molar-refractivity contribution >= 4 is 0 Å². The Hall–Kier alpha value is -0.120. The normalized spacial score (nSPS) is 31.8. The topological polar surface area (TPSA) is 27.3 Å². The van der Waals surface area contributed by atoms with E-state index in [1.54, 1.807) is 0 Å². The van der Waals surface area contributed by atoms with Crippen molar-refractivity contribution in [2.45, 2.75) is 45.1 Å². The van der Waals surface area contributed by atoms with Crippen molar-refractivity contribution in [3.63, 3.8) is 0 Å². The molecule has 1 unspecified atom stereocenters. The van der Waals surface area contributed by atoms with Gasteiger partial charge in [0.25, 0.3) is 0 Å². The maximum atomic E-state index is 3.35. The smallest absolute Gasteiger partial charge is 0.0611 e. The predicted octanol–water partition coefficient (Wildman–Crippen LogP) is 0.582. The summed E-state index contributed by atoms with van der Waals surface area (Å²) < 4.78 is 0. The van der Waals surface area contributed by atoms with Crippen LogP contribution in [0.1, 0.15) is 26.7 Å². The molecule has 1 aliphatic heterocycles. The minimum absolute atomic E-state index is 0.558. The molecule has 1 rings (SSSR count). The maximum absolute atomic E-state index is 3.35. The van der Waals surface area contributed by atoms with Gasteiger partial charge in [0, 0.05) is 6.04 Å². The zero-order valence-electron chi connectivity index (χ0n) is 8.59. The van der Waals surface area contributed by atoms with Crippen molar-refractivity contribution in [2.24, 2.45) is 0 Å². The molecule has 0 aliphatic carbocycles. The fraction of sp³-hybridized carbons (Fsp3) is 1.00. The van der Waals surface area contributed by atoms with E-state index in [0.717, 1.165) is 0 Å². The van der Waals surface area contributed by atoms with E-state index in [4.69, 9.17) is 0 Å². The van der Waals surface area contributed by atoms with E-state index >= 15 is 0 Å². The Labute approximate surface area is 75.5 Å². The lowest BCUT2D eigenvalue weighted by molar-refractivity contribution is 0.117. The van der Waals surface area contributed by atoms with Gasteiger partial charge in [-0.1, -0.05) is 0 Å². The molecule has 0 radical (unpaired) electrons. The highest BCUT2D eigenvalue weighted by atomic mass is 15.4. The number of hydrogen-bond donors (Lipinski definition) is 2. The van der Waals surface area contributed by atoms with Crippen LogP contribution in [0.2, 0.25) is 0 Å². The molecule has 0 saturated carbocycles. The summed E-state index contributed by atoms with van der Waals surface area (Å²) in [6.45, 7) is 4.50. The summed E-state index contributed by atoms with van der Waals surface area (Å²) in [5.41, 5.74) is 0. The predicted molar refractivity (Wildman–Crippen MR) is 51.9 cm³/mol. The molecule has 12 heavy (non-hydrogen) atoms. The highest BCUT2D eigenvalue weighted by Gasteiger charge is 2.32. The minimum Gasteiger partial charge on any atom is -0.305 e. The van der Waals surface area contributed by atoms with E-state index in [1.165, 1.54) is 12.8 Å². The van der Waals surface area contributed by atoms with Crippen LogP contribution < -0.4 is 10.6 Å². The zero-order valence-corrected chi connectivity index (χ0v) is 8.59. The molecule has 0 aromatic heterocycles. The van der Waals surface area contributed by atoms with Crippen molar-refractivity contribution < 1.29 is 0 Å². The molecule has 0 amide bonds. The third-order valence-corrected chi connectivity index (χ3v) is 2.70. The van der Waals surface area contributed by atoms with E-state index in [1.807, 2.05) is 14.1 Å². The van der Waals surface area contributed by atoms with Gasteiger partial charge < -0.3 is 10.6 Å². The summed E-state index contributed by atoms with van der Waals surface area (Å²) in [6, 6.07) is 0.613. The van der Waals surface area contributed by atoms with Crippen LogP contribution in [0.4, 0.5) is 0 Å². The number of hydrogen-bond acceptors (Lipinski definition) is 3. The molecule has 72 valence electrons. The Bertz CT molecular complexity index is 124. The van der Waals surface area contributed by atoms with Gasteiger partial charge in [0.2, 0.25) is 0 Å². The van der Waals surface area contributed by atoms with Crippen molar-refractivity contribution in [1.82, 2.24) is 15.5 Å². The summed E-state index contributed by atoms with van der Waals surface area (Å²) >= 11 is 0. The number of likely N-dealkylation sites (tertiary alicyclic amines) is 1. The van der Waals surface area contributed by atoms with E-state index in [0.29, 0.717) is 18.4 Å². The first-order valence-electron chi connectivity index (χ1n) is 4.82. The molecule has 1 heterocycles. The van der Waals surface area contributed by atoms with Crippen LogP contribution in [0.25, 0.3) is 0 Å². The molecule has 1 fully saturated rings. The zero-order chi connectivity index (χ0) is 9.14. The van der Waals surface area contributed by atoms with Crippen LogP contribution in [0.3, 0.4) is 0 Å². The lowest BCUT2D eigenvalue weighted by Crippen LogP contribution is -2.51. The van der Waals surface area contributed by atoms with E-state index in [9.17, 15) is 0 Å². The molecule has 3 nitrogen and oxygen atoms in total. The monoisotopic (exact) mass is 171 g/mol. The van der Waals surface area contributed by atoms with Gasteiger partial charge >= 0.3 is 0 Å². The van der Waals surface area contributed by atoms with Crippen LogP contribution in [-0.2, 0) is 0 Å². The van der Waals surface area contributed by atoms with Gasteiger partial charge in [-0.2, -0.15) is 0 Å². The molecular formula is C9H21N3. The van der Waals surface area contributed by atoms with Crippen LogP contribution in [0.15, 0.2) is 0 Å². The minimum atomic E-state index is 0.558. The van der Waals surface area contributed by atoms with Gasteiger partial charge in [0.15, 0.2) is 0 Å². The first kappa shape index (κ1) is 9.96. The fourth-order valence-electron chi connectivity index (χ4n) is 2.14. The number of rotatable bonds is 3. The second-order valence-corrected chi connectivity index (χ2v) is 3.73. The van der Waals surface area contributed by atoms with Gasteiger partial charge in [-0.3, -0.25) is 4.90 Å². The summed E-state index contributed by atoms with van der Waals surface area (Å²) in [4.78, 5) is 2.50. The Morgan fingerprint density at radius 2 is 1.50 bits per heavy atom. The van der Waals surface area contributed by atoms with Crippen molar-refractivity contribution in [3.8, 4) is 0 Å². The first-order valence-corrected chi connectivity index (χ1v) is 4.82. The largest absolute Gasteiger partial charge is 0.305 e. The van der Waals surface area contributed by atoms with Gasteiger partial charge in [-0.15, -0.1) is 0 Å². The third kappa shape index (κ3) is 1.79. The first-order chi connectivity index (χ1) is 5.70. The van der Waals surface area contributed by atoms with Crippen molar-refractivity contribution in [3.05, 3.63) is 0 Å². The molecule has 0 aromatic rings. The fourth-order valence-corrected chi connectivity index (χ4v) is 2.14. The molecular weight excluding hydrogens is 150 g/mol. The molecule has 0 aromatic carbocycles. The molecule has 3 heteroatoms.